The number of halogens is 1. The maximum Gasteiger partial charge on any atom is 0.255 e. The Morgan fingerprint density at radius 2 is 2.08 bits per heavy atom. The van der Waals surface area contributed by atoms with Gasteiger partial charge in [0.2, 0.25) is 0 Å². The van der Waals surface area contributed by atoms with Gasteiger partial charge < -0.3 is 10.0 Å². The summed E-state index contributed by atoms with van der Waals surface area (Å²) < 4.78 is 0. The third-order valence-electron chi connectivity index (χ3n) is 5.34. The van der Waals surface area contributed by atoms with Gasteiger partial charge >= 0.3 is 0 Å². The van der Waals surface area contributed by atoms with Gasteiger partial charge in [0.05, 0.1) is 0 Å². The Bertz CT molecular complexity index is 590. The largest absolute Gasteiger partial charge is 0.379 e. The number of hydrogen-bond acceptors (Lipinski definition) is 3. The third kappa shape index (κ3) is 3.93. The van der Waals surface area contributed by atoms with E-state index in [1.807, 2.05) is 41.1 Å². The highest BCUT2D eigenvalue weighted by atomic mass is 35.5. The van der Waals surface area contributed by atoms with Gasteiger partial charge in [0.25, 0.3) is 5.91 Å². The van der Waals surface area contributed by atoms with Gasteiger partial charge in [-0.25, -0.2) is 0 Å². The maximum absolute atomic E-state index is 12.8. The molecule has 0 aromatic heterocycles. The molecule has 1 saturated carbocycles. The van der Waals surface area contributed by atoms with Crippen LogP contribution in [-0.2, 0) is 11.3 Å². The van der Waals surface area contributed by atoms with Crippen LogP contribution in [0.1, 0.15) is 37.7 Å². The summed E-state index contributed by atoms with van der Waals surface area (Å²) >= 11 is 6.21. The lowest BCUT2D eigenvalue weighted by molar-refractivity contribution is -0.160. The minimum Gasteiger partial charge on any atom is -0.379 e. The van der Waals surface area contributed by atoms with E-state index >= 15 is 0 Å². The van der Waals surface area contributed by atoms with E-state index in [2.05, 4.69) is 0 Å². The second-order valence-electron chi connectivity index (χ2n) is 7.45. The van der Waals surface area contributed by atoms with E-state index in [9.17, 15) is 9.90 Å². The molecule has 2 fully saturated rings. The van der Waals surface area contributed by atoms with Crippen LogP contribution >= 0.6 is 11.6 Å². The van der Waals surface area contributed by atoms with Gasteiger partial charge in [-0.05, 0) is 50.3 Å². The fraction of sp³-hybridized carbons (Fsp3) is 0.632. The molecule has 0 spiro atoms. The standard InChI is InChI=1S/C19H27ClN2O2/c1-21(13-16-8-2-3-9-17(16)20)14-19(24)10-5-11-22(18(19)23)12-15-6-4-7-15/h2-3,8-9,15,24H,4-7,10-14H2,1H3. The van der Waals surface area contributed by atoms with Crippen molar-refractivity contribution in [1.82, 2.24) is 9.80 Å². The molecular formula is C19H27ClN2O2. The minimum absolute atomic E-state index is 0.0911. The SMILES string of the molecule is CN(Cc1ccccc1Cl)CC1(O)CCCN(CC2CCC2)C1=O. The smallest absolute Gasteiger partial charge is 0.255 e. The van der Waals surface area contributed by atoms with Crippen LogP contribution in [0.15, 0.2) is 24.3 Å². The molecule has 0 bridgehead atoms. The van der Waals surface area contributed by atoms with Crippen LogP contribution in [0, 0.1) is 5.92 Å². The number of hydrogen-bond donors (Lipinski definition) is 1. The summed E-state index contributed by atoms with van der Waals surface area (Å²) in [6.45, 7) is 2.57. The van der Waals surface area contributed by atoms with Crippen molar-refractivity contribution in [3.8, 4) is 0 Å². The summed E-state index contributed by atoms with van der Waals surface area (Å²) in [5.74, 6) is 0.545. The average molecular weight is 351 g/mol. The van der Waals surface area contributed by atoms with Crippen molar-refractivity contribution < 1.29 is 9.90 Å². The summed E-state index contributed by atoms with van der Waals surface area (Å²) in [5, 5.41) is 11.7. The monoisotopic (exact) mass is 350 g/mol. The summed E-state index contributed by atoms with van der Waals surface area (Å²) in [6.07, 6.45) is 5.12. The molecule has 2 aliphatic rings. The molecule has 1 aliphatic carbocycles. The summed E-state index contributed by atoms with van der Waals surface area (Å²) in [5.41, 5.74) is -0.252. The Morgan fingerprint density at radius 1 is 1.33 bits per heavy atom. The number of likely N-dealkylation sites (N-methyl/N-ethyl adjacent to an activating group) is 1. The van der Waals surface area contributed by atoms with Gasteiger partial charge in [0.1, 0.15) is 0 Å². The van der Waals surface area contributed by atoms with E-state index in [0.29, 0.717) is 25.4 Å². The predicted molar refractivity (Wildman–Crippen MR) is 95.9 cm³/mol. The van der Waals surface area contributed by atoms with Gasteiger partial charge in [-0.2, -0.15) is 0 Å². The Balaban J connectivity index is 1.61. The Labute approximate surface area is 149 Å². The summed E-state index contributed by atoms with van der Waals surface area (Å²) in [6, 6.07) is 7.71. The molecule has 3 rings (SSSR count). The van der Waals surface area contributed by atoms with Crippen molar-refractivity contribution in [3.05, 3.63) is 34.9 Å². The molecule has 1 unspecified atom stereocenters. The molecule has 1 heterocycles. The first-order valence-electron chi connectivity index (χ1n) is 8.92. The zero-order chi connectivity index (χ0) is 17.2. The van der Waals surface area contributed by atoms with Crippen LogP contribution in [0.2, 0.25) is 5.02 Å². The van der Waals surface area contributed by atoms with Gasteiger partial charge in [0, 0.05) is 31.2 Å². The molecule has 0 radical (unpaired) electrons. The molecule has 1 amide bonds. The lowest BCUT2D eigenvalue weighted by Crippen LogP contribution is -2.59. The molecule has 4 nitrogen and oxygen atoms in total. The molecule has 1 aliphatic heterocycles. The quantitative estimate of drug-likeness (QED) is 0.857. The van der Waals surface area contributed by atoms with Crippen LogP contribution < -0.4 is 0 Å². The highest BCUT2D eigenvalue weighted by Crippen LogP contribution is 2.31. The number of carbonyl (C=O) groups is 1. The number of likely N-dealkylation sites (tertiary alicyclic amines) is 1. The van der Waals surface area contributed by atoms with Gasteiger partial charge in [-0.1, -0.05) is 36.2 Å². The van der Waals surface area contributed by atoms with Crippen LogP contribution in [0.5, 0.6) is 0 Å². The Kier molecular flexibility index (Phi) is 5.48. The highest BCUT2D eigenvalue weighted by Gasteiger charge is 2.43. The third-order valence-corrected chi connectivity index (χ3v) is 5.71. The average Bonchev–Trinajstić information content (AvgIpc) is 2.49. The van der Waals surface area contributed by atoms with Crippen LogP contribution in [-0.4, -0.2) is 53.1 Å². The van der Waals surface area contributed by atoms with Gasteiger partial charge in [0.15, 0.2) is 5.60 Å². The van der Waals surface area contributed by atoms with Crippen molar-refractivity contribution in [2.45, 2.75) is 44.2 Å². The van der Waals surface area contributed by atoms with E-state index in [4.69, 9.17) is 11.6 Å². The lowest BCUT2D eigenvalue weighted by atomic mass is 9.83. The zero-order valence-corrected chi connectivity index (χ0v) is 15.1. The number of aliphatic hydroxyl groups is 1. The van der Waals surface area contributed by atoms with Crippen molar-refractivity contribution in [1.29, 1.82) is 0 Å². The molecule has 1 aromatic rings. The van der Waals surface area contributed by atoms with Crippen molar-refractivity contribution in [2.75, 3.05) is 26.7 Å². The first-order chi connectivity index (χ1) is 11.5. The molecule has 1 aromatic carbocycles. The fourth-order valence-electron chi connectivity index (χ4n) is 3.79. The molecule has 1 N–H and O–H groups in total. The lowest BCUT2D eigenvalue weighted by Gasteiger charge is -2.42. The zero-order valence-electron chi connectivity index (χ0n) is 14.4. The number of rotatable bonds is 6. The second kappa shape index (κ2) is 7.42. The van der Waals surface area contributed by atoms with Crippen LogP contribution in [0.25, 0.3) is 0 Å². The van der Waals surface area contributed by atoms with Crippen molar-refractivity contribution in [3.63, 3.8) is 0 Å². The molecule has 132 valence electrons. The minimum atomic E-state index is -1.27. The van der Waals surface area contributed by atoms with E-state index in [0.717, 1.165) is 30.1 Å². The van der Waals surface area contributed by atoms with Crippen molar-refractivity contribution >= 4 is 17.5 Å². The summed E-state index contributed by atoms with van der Waals surface area (Å²) in [4.78, 5) is 16.7. The van der Waals surface area contributed by atoms with Crippen LogP contribution in [0.4, 0.5) is 0 Å². The number of carbonyl (C=O) groups excluding carboxylic acids is 1. The Hall–Kier alpha value is -1.10. The number of amides is 1. The second-order valence-corrected chi connectivity index (χ2v) is 7.85. The summed E-state index contributed by atoms with van der Waals surface area (Å²) in [7, 11) is 1.93. The van der Waals surface area contributed by atoms with Gasteiger partial charge in [-0.3, -0.25) is 9.69 Å². The maximum atomic E-state index is 12.8. The van der Waals surface area contributed by atoms with E-state index in [1.54, 1.807) is 0 Å². The topological polar surface area (TPSA) is 43.8 Å². The molecular weight excluding hydrogens is 324 g/mol. The van der Waals surface area contributed by atoms with Crippen molar-refractivity contribution in [2.24, 2.45) is 5.92 Å². The Morgan fingerprint density at radius 3 is 2.75 bits per heavy atom. The van der Waals surface area contributed by atoms with E-state index in [1.165, 1.54) is 19.3 Å². The fourth-order valence-corrected chi connectivity index (χ4v) is 3.99. The first-order valence-corrected chi connectivity index (χ1v) is 9.29. The van der Waals surface area contributed by atoms with Crippen LogP contribution in [0.3, 0.4) is 0 Å². The predicted octanol–water partition coefficient (Wildman–Crippen LogP) is 2.93. The molecule has 1 atom stereocenters. The highest BCUT2D eigenvalue weighted by molar-refractivity contribution is 6.31. The normalized spacial score (nSPS) is 25.2. The van der Waals surface area contributed by atoms with Gasteiger partial charge in [-0.15, -0.1) is 0 Å². The number of piperidine rings is 1. The number of benzene rings is 1. The molecule has 5 heteroatoms. The molecule has 24 heavy (non-hydrogen) atoms. The molecule has 1 saturated heterocycles. The van der Waals surface area contributed by atoms with E-state index < -0.39 is 5.60 Å². The number of nitrogens with zero attached hydrogens (tertiary/aromatic N) is 2. The first kappa shape index (κ1) is 17.7. The van der Waals surface area contributed by atoms with E-state index in [-0.39, 0.29) is 5.91 Å².